The Labute approximate surface area is 204 Å². The average Bonchev–Trinajstić information content (AvgIpc) is 3.51. The molecule has 1 aromatic carbocycles. The first-order chi connectivity index (χ1) is 16.3. The maximum atomic E-state index is 13.5. The van der Waals surface area contributed by atoms with Crippen molar-refractivity contribution in [2.24, 2.45) is 0 Å². The zero-order valence-electron chi connectivity index (χ0n) is 20.8. The first-order valence-electron chi connectivity index (χ1n) is 12.6. The zero-order valence-corrected chi connectivity index (χ0v) is 21.6. The van der Waals surface area contributed by atoms with E-state index < -0.39 is 10.0 Å². The number of aryl methyl sites for hydroxylation is 2. The van der Waals surface area contributed by atoms with Gasteiger partial charge in [0.2, 0.25) is 15.9 Å². The second-order valence-corrected chi connectivity index (χ2v) is 11.7. The summed E-state index contributed by atoms with van der Waals surface area (Å²) < 4.78 is 39.7. The highest BCUT2D eigenvalue weighted by molar-refractivity contribution is 7.89. The molecular formula is C25H39N3O5S. The van der Waals surface area contributed by atoms with Crippen molar-refractivity contribution in [3.8, 4) is 5.75 Å². The van der Waals surface area contributed by atoms with Crippen LogP contribution in [0.3, 0.4) is 0 Å². The molecule has 0 bridgehead atoms. The third-order valence-electron chi connectivity index (χ3n) is 7.57. The van der Waals surface area contributed by atoms with Crippen molar-refractivity contribution in [1.82, 2.24) is 14.1 Å². The number of hydrogen-bond acceptors (Lipinski definition) is 6. The monoisotopic (exact) mass is 493 g/mol. The summed E-state index contributed by atoms with van der Waals surface area (Å²) in [5.41, 5.74) is 1.35. The van der Waals surface area contributed by atoms with Gasteiger partial charge in [0.15, 0.2) is 0 Å². The highest BCUT2D eigenvalue weighted by atomic mass is 32.2. The molecule has 0 aromatic heterocycles. The molecule has 1 aromatic rings. The van der Waals surface area contributed by atoms with Gasteiger partial charge in [-0.2, -0.15) is 4.31 Å². The zero-order chi connectivity index (χ0) is 24.3. The molecule has 34 heavy (non-hydrogen) atoms. The lowest BCUT2D eigenvalue weighted by molar-refractivity contribution is -0.138. The highest BCUT2D eigenvalue weighted by Gasteiger charge is 2.37. The van der Waals surface area contributed by atoms with Gasteiger partial charge in [-0.05, 0) is 88.7 Å². The second kappa shape index (κ2) is 10.9. The van der Waals surface area contributed by atoms with E-state index in [1.165, 1.54) is 25.9 Å². The fraction of sp³-hybridized carbons (Fsp3) is 0.720. The van der Waals surface area contributed by atoms with Crippen LogP contribution in [0.2, 0.25) is 0 Å². The molecule has 9 heteroatoms. The molecule has 1 amide bonds. The van der Waals surface area contributed by atoms with Crippen molar-refractivity contribution in [3.05, 3.63) is 23.3 Å². The first-order valence-corrected chi connectivity index (χ1v) is 14.0. The minimum absolute atomic E-state index is 0.00844. The summed E-state index contributed by atoms with van der Waals surface area (Å²) in [7, 11) is -2.09. The van der Waals surface area contributed by atoms with E-state index in [-0.39, 0.29) is 25.2 Å². The molecule has 3 fully saturated rings. The Balaban J connectivity index is 1.30. The van der Waals surface area contributed by atoms with Crippen molar-refractivity contribution < 1.29 is 22.7 Å². The Morgan fingerprint density at radius 3 is 2.24 bits per heavy atom. The van der Waals surface area contributed by atoms with Crippen molar-refractivity contribution >= 4 is 15.9 Å². The Hall–Kier alpha value is -1.68. The number of carbonyl (C=O) groups is 1. The van der Waals surface area contributed by atoms with Gasteiger partial charge in [-0.25, -0.2) is 8.42 Å². The first kappa shape index (κ1) is 25.4. The van der Waals surface area contributed by atoms with E-state index in [2.05, 4.69) is 4.90 Å². The molecule has 0 N–H and O–H groups in total. The van der Waals surface area contributed by atoms with E-state index in [1.807, 2.05) is 4.90 Å². The smallest absolute Gasteiger partial charge is 0.248 e. The lowest BCUT2D eigenvalue weighted by Gasteiger charge is -2.36. The number of likely N-dealkylation sites (tertiary alicyclic amines) is 2. The van der Waals surface area contributed by atoms with Crippen LogP contribution in [0.25, 0.3) is 0 Å². The molecule has 190 valence electrons. The number of sulfonamides is 1. The number of carbonyl (C=O) groups excluding carboxylic acids is 1. The molecule has 4 rings (SSSR count). The predicted octanol–water partition coefficient (Wildman–Crippen LogP) is 2.57. The van der Waals surface area contributed by atoms with Gasteiger partial charge in [0, 0.05) is 31.7 Å². The Kier molecular flexibility index (Phi) is 8.17. The Bertz CT molecular complexity index is 946. The molecule has 0 spiro atoms. The molecule has 0 aliphatic carbocycles. The maximum absolute atomic E-state index is 13.5. The standard InChI is InChI=1S/C25H39N3O5S/c1-19-15-23(32-3)16-20(2)25(19)34(30,31)28-12-6-7-22(28)17-33-18-24(29)27-13-8-21(9-14-27)26-10-4-5-11-26/h15-16,21-22H,4-14,17-18H2,1-3H3/t22-/m0/s1. The summed E-state index contributed by atoms with van der Waals surface area (Å²) in [6, 6.07) is 3.87. The molecule has 0 radical (unpaired) electrons. The molecule has 3 aliphatic heterocycles. The Morgan fingerprint density at radius 1 is 0.971 bits per heavy atom. The molecule has 0 unspecified atom stereocenters. The van der Waals surface area contributed by atoms with Crippen LogP contribution in [0.5, 0.6) is 5.75 Å². The number of rotatable bonds is 8. The van der Waals surface area contributed by atoms with E-state index >= 15 is 0 Å². The molecule has 8 nitrogen and oxygen atoms in total. The van der Waals surface area contributed by atoms with Crippen LogP contribution in [-0.2, 0) is 19.6 Å². The lowest BCUT2D eigenvalue weighted by atomic mass is 10.0. The van der Waals surface area contributed by atoms with Crippen molar-refractivity contribution in [3.63, 3.8) is 0 Å². The van der Waals surface area contributed by atoms with Crippen LogP contribution in [0.15, 0.2) is 17.0 Å². The summed E-state index contributed by atoms with van der Waals surface area (Å²) in [5, 5.41) is 0. The van der Waals surface area contributed by atoms with Crippen LogP contribution >= 0.6 is 0 Å². The van der Waals surface area contributed by atoms with Crippen molar-refractivity contribution in [1.29, 1.82) is 0 Å². The van der Waals surface area contributed by atoms with Gasteiger partial charge in [-0.15, -0.1) is 0 Å². The number of amides is 1. The van der Waals surface area contributed by atoms with Gasteiger partial charge < -0.3 is 19.3 Å². The topological polar surface area (TPSA) is 79.4 Å². The number of nitrogens with zero attached hydrogens (tertiary/aromatic N) is 3. The number of piperidine rings is 1. The van der Waals surface area contributed by atoms with Crippen LogP contribution in [0, 0.1) is 13.8 Å². The third-order valence-corrected chi connectivity index (χ3v) is 9.83. The minimum Gasteiger partial charge on any atom is -0.497 e. The highest BCUT2D eigenvalue weighted by Crippen LogP contribution is 2.32. The molecular weight excluding hydrogens is 454 g/mol. The fourth-order valence-electron chi connectivity index (χ4n) is 5.81. The number of hydrogen-bond donors (Lipinski definition) is 0. The summed E-state index contributed by atoms with van der Waals surface area (Å²) in [5.74, 6) is 0.660. The molecule has 3 heterocycles. The molecule has 3 saturated heterocycles. The SMILES string of the molecule is COc1cc(C)c(S(=O)(=O)N2CCC[C@H]2COCC(=O)N2CCC(N3CCCC3)CC2)c(C)c1. The van der Waals surface area contributed by atoms with Crippen molar-refractivity contribution in [2.75, 3.05) is 53.0 Å². The number of methoxy groups -OCH3 is 1. The maximum Gasteiger partial charge on any atom is 0.248 e. The summed E-state index contributed by atoms with van der Waals surface area (Å²) in [6.07, 6.45) is 6.17. The summed E-state index contributed by atoms with van der Waals surface area (Å²) in [6.45, 7) is 8.27. The third kappa shape index (κ3) is 5.42. The van der Waals surface area contributed by atoms with E-state index in [9.17, 15) is 13.2 Å². The van der Waals surface area contributed by atoms with Gasteiger partial charge in [0.05, 0.1) is 18.6 Å². The number of ether oxygens (including phenoxy) is 2. The minimum atomic E-state index is -3.66. The van der Waals surface area contributed by atoms with Gasteiger partial charge in [-0.1, -0.05) is 0 Å². The van der Waals surface area contributed by atoms with Crippen LogP contribution < -0.4 is 4.74 Å². The van der Waals surface area contributed by atoms with Crippen molar-refractivity contribution in [2.45, 2.75) is 69.4 Å². The van der Waals surface area contributed by atoms with Gasteiger partial charge in [0.1, 0.15) is 12.4 Å². The lowest BCUT2D eigenvalue weighted by Crippen LogP contribution is -2.47. The van der Waals surface area contributed by atoms with Crippen LogP contribution in [-0.4, -0.2) is 93.6 Å². The fourth-order valence-corrected chi connectivity index (χ4v) is 7.90. The quantitative estimate of drug-likeness (QED) is 0.554. The van der Waals surface area contributed by atoms with Gasteiger partial charge in [-0.3, -0.25) is 4.79 Å². The van der Waals surface area contributed by atoms with E-state index in [0.717, 1.165) is 38.8 Å². The van der Waals surface area contributed by atoms with Gasteiger partial charge >= 0.3 is 0 Å². The normalized spacial score (nSPS) is 23.0. The molecule has 0 saturated carbocycles. The van der Waals surface area contributed by atoms with Crippen LogP contribution in [0.4, 0.5) is 0 Å². The molecule has 3 aliphatic rings. The summed E-state index contributed by atoms with van der Waals surface area (Å²) in [4.78, 5) is 17.5. The van der Waals surface area contributed by atoms with E-state index in [0.29, 0.717) is 34.4 Å². The van der Waals surface area contributed by atoms with E-state index in [1.54, 1.807) is 37.4 Å². The summed E-state index contributed by atoms with van der Waals surface area (Å²) >= 11 is 0. The van der Waals surface area contributed by atoms with Crippen LogP contribution in [0.1, 0.15) is 49.7 Å². The molecule has 1 atom stereocenters. The number of benzene rings is 1. The average molecular weight is 494 g/mol. The Morgan fingerprint density at radius 2 is 1.62 bits per heavy atom. The van der Waals surface area contributed by atoms with Gasteiger partial charge in [0.25, 0.3) is 0 Å². The predicted molar refractivity (Wildman–Crippen MR) is 131 cm³/mol. The van der Waals surface area contributed by atoms with E-state index in [4.69, 9.17) is 9.47 Å². The second-order valence-electron chi connectivity index (χ2n) is 9.87. The largest absolute Gasteiger partial charge is 0.497 e.